The fourth-order valence-electron chi connectivity index (χ4n) is 2.40. The molecule has 2 aromatic carbocycles. The largest absolute Gasteiger partial charge is 0.162 e. The lowest BCUT2D eigenvalue weighted by atomic mass is 9.87. The first-order valence-corrected chi connectivity index (χ1v) is 13.4. The van der Waals surface area contributed by atoms with E-state index in [0.29, 0.717) is 0 Å². The highest BCUT2D eigenvalue weighted by molar-refractivity contribution is 9.42. The van der Waals surface area contributed by atoms with Gasteiger partial charge in [-0.15, -0.1) is 0 Å². The van der Waals surface area contributed by atoms with Crippen LogP contribution >= 0.6 is 127 Å². The molecule has 25 heavy (non-hydrogen) atoms. The predicted molar refractivity (Wildman–Crippen MR) is 138 cm³/mol. The van der Waals surface area contributed by atoms with E-state index in [1.165, 1.54) is 5.56 Å². The number of alkyl halides is 8. The Hall–Kier alpha value is 2.28. The van der Waals surface area contributed by atoms with Gasteiger partial charge >= 0.3 is 0 Å². The molecule has 0 heterocycles. The second kappa shape index (κ2) is 8.97. The fourth-order valence-corrected chi connectivity index (χ4v) is 8.32. The van der Waals surface area contributed by atoms with Gasteiger partial charge in [0.1, 0.15) is 6.47 Å². The average molecular weight is 856 g/mol. The Balaban J connectivity index is 2.63. The molecule has 2 rings (SSSR count). The molecule has 0 nitrogen and oxygen atoms in total. The van der Waals surface area contributed by atoms with E-state index in [2.05, 4.69) is 164 Å². The molecule has 2 aromatic rings. The third-order valence-corrected chi connectivity index (χ3v) is 18.2. The molecule has 0 bridgehead atoms. The molecule has 0 saturated carbocycles. The predicted octanol–water partition coefficient (Wildman–Crippen LogP) is 9.33. The highest BCUT2D eigenvalue weighted by atomic mass is 80.0. The first-order valence-electron chi connectivity index (χ1n) is 7.04. The van der Waals surface area contributed by atoms with Crippen LogP contribution in [-0.4, -0.2) is 8.61 Å². The van der Waals surface area contributed by atoms with Gasteiger partial charge in [-0.25, -0.2) is 0 Å². The minimum absolute atomic E-state index is 0.504. The summed E-state index contributed by atoms with van der Waals surface area (Å²) in [6, 6.07) is 20.7. The fraction of sp³-hybridized carbons (Fsp3) is 0.294. The van der Waals surface area contributed by atoms with Crippen LogP contribution in [0.15, 0.2) is 60.7 Å². The van der Waals surface area contributed by atoms with Crippen molar-refractivity contribution in [3.05, 3.63) is 71.8 Å². The standard InChI is InChI=1S/C17H12Br8/c18-14(13-9-5-2-6-10-13,11-12-7-3-1-4-8-12)15(19,20)16(21,22)17(23,24)25/h1-10H,11H2. The van der Waals surface area contributed by atoms with Crippen molar-refractivity contribution in [1.82, 2.24) is 0 Å². The molecule has 0 N–H and O–H groups in total. The Labute approximate surface area is 215 Å². The van der Waals surface area contributed by atoms with Gasteiger partial charge in [0.15, 0.2) is 2.14 Å². The van der Waals surface area contributed by atoms with Gasteiger partial charge in [0.2, 0.25) is 0 Å². The van der Waals surface area contributed by atoms with E-state index >= 15 is 0 Å². The zero-order chi connectivity index (χ0) is 18.9. The van der Waals surface area contributed by atoms with Gasteiger partial charge < -0.3 is 0 Å². The van der Waals surface area contributed by atoms with Crippen LogP contribution in [0.4, 0.5) is 0 Å². The molecule has 0 saturated heterocycles. The number of halogens is 8. The zero-order valence-corrected chi connectivity index (χ0v) is 25.2. The van der Waals surface area contributed by atoms with Crippen LogP contribution in [0.5, 0.6) is 0 Å². The summed E-state index contributed by atoms with van der Waals surface area (Å²) in [5.74, 6) is 0. The van der Waals surface area contributed by atoms with Gasteiger partial charge in [-0.05, 0) is 17.5 Å². The van der Waals surface area contributed by atoms with Crippen LogP contribution in [-0.2, 0) is 10.7 Å². The van der Waals surface area contributed by atoms with Crippen molar-refractivity contribution in [1.29, 1.82) is 0 Å². The maximum atomic E-state index is 4.06. The quantitative estimate of drug-likeness (QED) is 0.263. The molecule has 0 aromatic heterocycles. The lowest BCUT2D eigenvalue weighted by molar-refractivity contribution is 0.559. The van der Waals surface area contributed by atoms with E-state index in [1.54, 1.807) is 0 Å². The summed E-state index contributed by atoms with van der Waals surface area (Å²) in [6.07, 6.45) is 0.746. The lowest BCUT2D eigenvalue weighted by Gasteiger charge is -2.50. The second-order valence-electron chi connectivity index (χ2n) is 5.48. The van der Waals surface area contributed by atoms with E-state index in [4.69, 9.17) is 0 Å². The first kappa shape index (κ1) is 23.6. The molecule has 8 heteroatoms. The van der Waals surface area contributed by atoms with Crippen LogP contribution in [0, 0.1) is 0 Å². The van der Waals surface area contributed by atoms with Gasteiger partial charge in [0.25, 0.3) is 0 Å². The molecule has 136 valence electrons. The molecule has 0 fully saturated rings. The summed E-state index contributed by atoms with van der Waals surface area (Å²) in [7, 11) is 0. The number of hydrogen-bond acceptors (Lipinski definition) is 0. The normalized spacial score (nSPS) is 15.7. The second-order valence-corrected chi connectivity index (χ2v) is 20.5. The molecule has 0 radical (unpaired) electrons. The van der Waals surface area contributed by atoms with E-state index < -0.39 is 12.9 Å². The van der Waals surface area contributed by atoms with Gasteiger partial charge in [0, 0.05) is 0 Å². The lowest BCUT2D eigenvalue weighted by Crippen LogP contribution is -2.55. The molecule has 0 aliphatic rings. The van der Waals surface area contributed by atoms with E-state index in [-0.39, 0.29) is 0 Å². The maximum Gasteiger partial charge on any atom is 0.162 e. The Morgan fingerprint density at radius 1 is 0.560 bits per heavy atom. The number of rotatable bonds is 5. The number of hydrogen-bond donors (Lipinski definition) is 0. The maximum absolute atomic E-state index is 4.06. The van der Waals surface area contributed by atoms with Gasteiger partial charge in [-0.3, -0.25) is 0 Å². The highest BCUT2D eigenvalue weighted by Gasteiger charge is 2.65. The van der Waals surface area contributed by atoms with Gasteiger partial charge in [0.05, 0.1) is 4.32 Å². The molecule has 0 aliphatic carbocycles. The summed E-state index contributed by atoms with van der Waals surface area (Å²) in [4.78, 5) is 0. The van der Waals surface area contributed by atoms with Crippen LogP contribution in [0.25, 0.3) is 0 Å². The molecule has 0 aliphatic heterocycles. The van der Waals surface area contributed by atoms with E-state index in [0.717, 1.165) is 12.0 Å². The SMILES string of the molecule is BrC(Br)(Br)C(Br)(Br)C(Br)(Br)C(Br)(Cc1ccccc1)c1ccccc1. The minimum atomic E-state index is -0.686. The third-order valence-electron chi connectivity index (χ3n) is 3.77. The van der Waals surface area contributed by atoms with Crippen LogP contribution in [0.1, 0.15) is 11.1 Å². The van der Waals surface area contributed by atoms with Crippen molar-refractivity contribution in [2.45, 2.75) is 19.4 Å². The van der Waals surface area contributed by atoms with Crippen LogP contribution < -0.4 is 0 Å². The van der Waals surface area contributed by atoms with Crippen molar-refractivity contribution < 1.29 is 0 Å². The number of benzene rings is 2. The molecule has 0 spiro atoms. The van der Waals surface area contributed by atoms with Crippen molar-refractivity contribution in [3.63, 3.8) is 0 Å². The van der Waals surface area contributed by atoms with Crippen molar-refractivity contribution in [2.24, 2.45) is 0 Å². The third kappa shape index (κ3) is 4.89. The average Bonchev–Trinajstić information content (AvgIpc) is 2.55. The summed E-state index contributed by atoms with van der Waals surface area (Å²) >= 11 is 30.5. The van der Waals surface area contributed by atoms with Crippen LogP contribution in [0.3, 0.4) is 0 Å². The Morgan fingerprint density at radius 2 is 1.00 bits per heavy atom. The van der Waals surface area contributed by atoms with Gasteiger partial charge in [-0.1, -0.05) is 188 Å². The van der Waals surface area contributed by atoms with Crippen molar-refractivity contribution >= 4 is 127 Å². The smallest absolute Gasteiger partial charge is 0.0772 e. The van der Waals surface area contributed by atoms with E-state index in [9.17, 15) is 0 Å². The Kier molecular flexibility index (Phi) is 8.45. The summed E-state index contributed by atoms with van der Waals surface area (Å²) < 4.78 is -2.50. The summed E-state index contributed by atoms with van der Waals surface area (Å²) in [5, 5.41) is 0. The molecule has 1 atom stereocenters. The van der Waals surface area contributed by atoms with Crippen molar-refractivity contribution in [2.75, 3.05) is 0 Å². The highest BCUT2D eigenvalue weighted by Crippen LogP contribution is 2.69. The first-order chi connectivity index (χ1) is 11.4. The Bertz CT molecular complexity index is 694. The monoisotopic (exact) mass is 847 g/mol. The van der Waals surface area contributed by atoms with Gasteiger partial charge in [-0.2, -0.15) is 0 Å². The van der Waals surface area contributed by atoms with E-state index in [1.807, 2.05) is 24.3 Å². The summed E-state index contributed by atoms with van der Waals surface area (Å²) in [6.45, 7) is 0. The minimum Gasteiger partial charge on any atom is -0.0772 e. The van der Waals surface area contributed by atoms with Crippen molar-refractivity contribution in [3.8, 4) is 0 Å². The topological polar surface area (TPSA) is 0 Å². The van der Waals surface area contributed by atoms with Crippen LogP contribution in [0.2, 0.25) is 0 Å². The Morgan fingerprint density at radius 3 is 1.44 bits per heavy atom. The molecular weight excluding hydrogens is 843 g/mol. The molecule has 0 amide bonds. The zero-order valence-electron chi connectivity index (χ0n) is 12.5. The molecule has 1 unspecified atom stereocenters. The molecular formula is C17H12Br8. The summed E-state index contributed by atoms with van der Waals surface area (Å²) in [5.41, 5.74) is 2.35.